The third kappa shape index (κ3) is 3.48. The number of esters is 1. The number of carbonyl (C=O) groups excluding carboxylic acids is 1. The summed E-state index contributed by atoms with van der Waals surface area (Å²) in [6, 6.07) is 7.34. The quantitative estimate of drug-likeness (QED) is 0.790. The lowest BCUT2D eigenvalue weighted by molar-refractivity contribution is -0.145. The summed E-state index contributed by atoms with van der Waals surface area (Å²) in [6.07, 6.45) is 0. The molecule has 0 spiro atoms. The first-order valence-corrected chi connectivity index (χ1v) is 6.43. The molecule has 6 nitrogen and oxygen atoms in total. The Bertz CT molecular complexity index is 595. The van der Waals surface area contributed by atoms with Crippen LogP contribution in [0.2, 0.25) is 5.02 Å². The van der Waals surface area contributed by atoms with Crippen LogP contribution in [-0.2, 0) is 16.6 Å². The maximum Gasteiger partial charge on any atom is 0.344 e. The van der Waals surface area contributed by atoms with Crippen LogP contribution in [0.5, 0.6) is 6.01 Å². The van der Waals surface area contributed by atoms with Crippen molar-refractivity contribution in [3.05, 3.63) is 29.3 Å². The average Bonchev–Trinajstić information content (AvgIpc) is 2.79. The van der Waals surface area contributed by atoms with Crippen LogP contribution in [0.3, 0.4) is 0 Å². The molecule has 0 amide bonds. The van der Waals surface area contributed by atoms with Gasteiger partial charge in [0, 0.05) is 17.6 Å². The van der Waals surface area contributed by atoms with Gasteiger partial charge in [-0.15, -0.1) is 5.10 Å². The zero-order valence-corrected chi connectivity index (χ0v) is 11.9. The van der Waals surface area contributed by atoms with Crippen molar-refractivity contribution in [3.63, 3.8) is 0 Å². The third-order valence-electron chi connectivity index (χ3n) is 2.47. The normalized spacial score (nSPS) is 10.3. The van der Waals surface area contributed by atoms with Crippen molar-refractivity contribution in [2.75, 3.05) is 13.2 Å². The van der Waals surface area contributed by atoms with E-state index in [2.05, 4.69) is 10.1 Å². The van der Waals surface area contributed by atoms with Crippen molar-refractivity contribution >= 4 is 17.6 Å². The number of rotatable bonds is 5. The predicted octanol–water partition coefficient (Wildman–Crippen LogP) is 2.08. The van der Waals surface area contributed by atoms with E-state index in [1.807, 2.05) is 12.1 Å². The molecule has 0 aliphatic rings. The largest absolute Gasteiger partial charge is 0.463 e. The smallest absolute Gasteiger partial charge is 0.344 e. The molecule has 0 aliphatic carbocycles. The molecule has 0 saturated carbocycles. The van der Waals surface area contributed by atoms with Gasteiger partial charge in [0.05, 0.1) is 6.61 Å². The van der Waals surface area contributed by atoms with Crippen LogP contribution in [-0.4, -0.2) is 33.9 Å². The molecule has 0 radical (unpaired) electrons. The molecule has 0 unspecified atom stereocenters. The molecule has 0 saturated heterocycles. The number of benzene rings is 1. The fourth-order valence-corrected chi connectivity index (χ4v) is 1.72. The molecule has 1 heterocycles. The summed E-state index contributed by atoms with van der Waals surface area (Å²) < 4.78 is 11.5. The van der Waals surface area contributed by atoms with E-state index in [0.717, 1.165) is 5.56 Å². The fraction of sp³-hybridized carbons (Fsp3) is 0.308. The van der Waals surface area contributed by atoms with Gasteiger partial charge >= 0.3 is 12.0 Å². The van der Waals surface area contributed by atoms with Crippen molar-refractivity contribution in [2.45, 2.75) is 6.92 Å². The zero-order chi connectivity index (χ0) is 14.5. The molecule has 1 aromatic heterocycles. The molecule has 0 N–H and O–H groups in total. The number of aryl methyl sites for hydroxylation is 1. The molecule has 0 aliphatic heterocycles. The van der Waals surface area contributed by atoms with E-state index in [-0.39, 0.29) is 12.6 Å². The molecule has 1 aromatic carbocycles. The van der Waals surface area contributed by atoms with Gasteiger partial charge in [0.25, 0.3) is 0 Å². The number of nitrogens with zero attached hydrogens (tertiary/aromatic N) is 3. The third-order valence-corrected chi connectivity index (χ3v) is 2.72. The van der Waals surface area contributed by atoms with E-state index in [1.54, 1.807) is 30.8 Å². The fourth-order valence-electron chi connectivity index (χ4n) is 1.60. The zero-order valence-electron chi connectivity index (χ0n) is 11.2. The van der Waals surface area contributed by atoms with E-state index < -0.39 is 5.97 Å². The van der Waals surface area contributed by atoms with Crippen molar-refractivity contribution in [1.82, 2.24) is 14.8 Å². The second-order valence-corrected chi connectivity index (χ2v) is 4.38. The molecule has 2 rings (SSSR count). The van der Waals surface area contributed by atoms with Crippen LogP contribution in [0, 0.1) is 0 Å². The summed E-state index contributed by atoms with van der Waals surface area (Å²) >= 11 is 5.84. The Morgan fingerprint density at radius 3 is 2.70 bits per heavy atom. The van der Waals surface area contributed by atoms with Crippen LogP contribution < -0.4 is 4.74 Å². The van der Waals surface area contributed by atoms with Gasteiger partial charge in [-0.1, -0.05) is 11.6 Å². The van der Waals surface area contributed by atoms with E-state index in [1.165, 1.54) is 0 Å². The number of aromatic nitrogens is 3. The maximum atomic E-state index is 11.2. The van der Waals surface area contributed by atoms with Crippen LogP contribution in [0.15, 0.2) is 24.3 Å². The number of hydrogen-bond acceptors (Lipinski definition) is 5. The van der Waals surface area contributed by atoms with Gasteiger partial charge < -0.3 is 9.47 Å². The second-order valence-electron chi connectivity index (χ2n) is 3.94. The first-order valence-electron chi connectivity index (χ1n) is 6.05. The molecule has 2 aromatic rings. The summed E-state index contributed by atoms with van der Waals surface area (Å²) in [5.41, 5.74) is 0.857. The highest BCUT2D eigenvalue weighted by atomic mass is 35.5. The van der Waals surface area contributed by atoms with E-state index in [4.69, 9.17) is 21.1 Å². The topological polar surface area (TPSA) is 66.2 Å². The highest BCUT2D eigenvalue weighted by Crippen LogP contribution is 2.21. The van der Waals surface area contributed by atoms with Crippen molar-refractivity contribution in [1.29, 1.82) is 0 Å². The van der Waals surface area contributed by atoms with Gasteiger partial charge in [0.1, 0.15) is 0 Å². The number of ether oxygens (including phenoxy) is 2. The molecule has 0 bridgehead atoms. The standard InChI is InChI=1S/C13H14ClN3O3/c1-3-19-11(18)8-20-13-15-12(17(2)16-13)9-4-6-10(14)7-5-9/h4-7H,3,8H2,1-2H3. The molecule has 20 heavy (non-hydrogen) atoms. The van der Waals surface area contributed by atoms with Gasteiger partial charge in [-0.2, -0.15) is 4.98 Å². The van der Waals surface area contributed by atoms with Crippen molar-refractivity contribution in [2.24, 2.45) is 7.05 Å². The summed E-state index contributed by atoms with van der Waals surface area (Å²) in [4.78, 5) is 15.4. The van der Waals surface area contributed by atoms with Gasteiger partial charge in [-0.05, 0) is 31.2 Å². The minimum absolute atomic E-state index is 0.130. The van der Waals surface area contributed by atoms with Gasteiger partial charge in [-0.25, -0.2) is 9.48 Å². The lowest BCUT2D eigenvalue weighted by atomic mass is 10.2. The highest BCUT2D eigenvalue weighted by molar-refractivity contribution is 6.30. The van der Waals surface area contributed by atoms with Crippen LogP contribution >= 0.6 is 11.6 Å². The maximum absolute atomic E-state index is 11.2. The second kappa shape index (κ2) is 6.38. The molecule has 0 atom stereocenters. The van der Waals surface area contributed by atoms with E-state index in [9.17, 15) is 4.79 Å². The Kier molecular flexibility index (Phi) is 4.57. The number of halogens is 1. The lowest BCUT2D eigenvalue weighted by Gasteiger charge is -2.00. The summed E-state index contributed by atoms with van der Waals surface area (Å²) in [7, 11) is 1.74. The van der Waals surface area contributed by atoms with Crippen LogP contribution in [0.1, 0.15) is 6.92 Å². The summed E-state index contributed by atoms with van der Waals surface area (Å²) in [5, 5.41) is 4.73. The molecule has 0 fully saturated rings. The molecular formula is C13H14ClN3O3. The Labute approximate surface area is 121 Å². The first kappa shape index (κ1) is 14.3. The SMILES string of the molecule is CCOC(=O)COc1nc(-c2ccc(Cl)cc2)n(C)n1. The van der Waals surface area contributed by atoms with Gasteiger partial charge in [0.2, 0.25) is 0 Å². The minimum atomic E-state index is -0.451. The van der Waals surface area contributed by atoms with Gasteiger partial charge in [0.15, 0.2) is 12.4 Å². The monoisotopic (exact) mass is 295 g/mol. The molecular weight excluding hydrogens is 282 g/mol. The van der Waals surface area contributed by atoms with Crippen molar-refractivity contribution < 1.29 is 14.3 Å². The van der Waals surface area contributed by atoms with Crippen LogP contribution in [0.4, 0.5) is 0 Å². The summed E-state index contributed by atoms with van der Waals surface area (Å²) in [5.74, 6) is 0.175. The number of hydrogen-bond donors (Lipinski definition) is 0. The molecule has 7 heteroatoms. The van der Waals surface area contributed by atoms with Crippen LogP contribution in [0.25, 0.3) is 11.4 Å². The first-order chi connectivity index (χ1) is 9.60. The lowest BCUT2D eigenvalue weighted by Crippen LogP contribution is -2.15. The Hall–Kier alpha value is -2.08. The Morgan fingerprint density at radius 1 is 1.35 bits per heavy atom. The molecule has 106 valence electrons. The van der Waals surface area contributed by atoms with E-state index in [0.29, 0.717) is 17.5 Å². The van der Waals surface area contributed by atoms with E-state index >= 15 is 0 Å². The Balaban J connectivity index is 2.09. The Morgan fingerprint density at radius 2 is 2.05 bits per heavy atom. The van der Waals surface area contributed by atoms with Gasteiger partial charge in [-0.3, -0.25) is 0 Å². The number of carbonyl (C=O) groups is 1. The van der Waals surface area contributed by atoms with Crippen molar-refractivity contribution in [3.8, 4) is 17.4 Å². The predicted molar refractivity (Wildman–Crippen MR) is 73.6 cm³/mol. The minimum Gasteiger partial charge on any atom is -0.463 e. The average molecular weight is 296 g/mol. The summed E-state index contributed by atoms with van der Waals surface area (Å²) in [6.45, 7) is 1.83. The highest BCUT2D eigenvalue weighted by Gasteiger charge is 2.12.